The minimum Gasteiger partial charge on any atom is -0.345 e. The van der Waals surface area contributed by atoms with Gasteiger partial charge >= 0.3 is 0 Å². The fourth-order valence-electron chi connectivity index (χ4n) is 2.08. The van der Waals surface area contributed by atoms with E-state index in [1.807, 2.05) is 30.3 Å². The van der Waals surface area contributed by atoms with Crippen LogP contribution in [0.25, 0.3) is 5.57 Å². The molecule has 0 radical (unpaired) electrons. The highest BCUT2D eigenvalue weighted by Gasteiger charge is 2.13. The van der Waals surface area contributed by atoms with Gasteiger partial charge in [-0.05, 0) is 29.8 Å². The molecule has 0 atom stereocenters. The quantitative estimate of drug-likeness (QED) is 0.620. The Morgan fingerprint density at radius 2 is 1.46 bits per heavy atom. The highest BCUT2D eigenvalue weighted by molar-refractivity contribution is 7.94. The minimum absolute atomic E-state index is 0.192. The van der Waals surface area contributed by atoms with Crippen LogP contribution in [0.2, 0.25) is 0 Å². The average Bonchev–Trinajstić information content (AvgIpc) is 2.59. The number of hydrogen-bond donors (Lipinski definition) is 0. The van der Waals surface area contributed by atoms with E-state index in [9.17, 15) is 13.2 Å². The van der Waals surface area contributed by atoms with Crippen molar-refractivity contribution in [2.75, 3.05) is 14.1 Å². The summed E-state index contributed by atoms with van der Waals surface area (Å²) in [7, 11) is -0.222. The van der Waals surface area contributed by atoms with Gasteiger partial charge in [0.25, 0.3) is 5.91 Å². The Balaban J connectivity index is 2.36. The first kappa shape index (κ1) is 17.7. The Kier molecular flexibility index (Phi) is 5.71. The first-order valence-corrected chi connectivity index (χ1v) is 8.92. The lowest BCUT2D eigenvalue weighted by atomic mass is 10.0. The molecular formula is C19H19NO3S. The van der Waals surface area contributed by atoms with Gasteiger partial charge < -0.3 is 4.90 Å². The highest BCUT2D eigenvalue weighted by Crippen LogP contribution is 2.17. The molecule has 0 heterocycles. The standard InChI is InChI=1S/C19H19NO3S/c1-20(2)19(21)18(16-10-5-3-6-11-16)14-9-15-24(22,23)17-12-7-4-8-13-17/h3-15H,1-2H3/b15-9+,18-14-. The van der Waals surface area contributed by atoms with Crippen molar-refractivity contribution in [2.45, 2.75) is 4.90 Å². The van der Waals surface area contributed by atoms with Gasteiger partial charge in [-0.25, -0.2) is 8.42 Å². The van der Waals surface area contributed by atoms with E-state index >= 15 is 0 Å². The van der Waals surface area contributed by atoms with Gasteiger partial charge in [0.2, 0.25) is 0 Å². The number of carbonyl (C=O) groups is 1. The zero-order valence-corrected chi connectivity index (χ0v) is 14.4. The van der Waals surface area contributed by atoms with Crippen LogP contribution in [0.1, 0.15) is 5.56 Å². The van der Waals surface area contributed by atoms with Gasteiger partial charge in [0.15, 0.2) is 9.84 Å². The lowest BCUT2D eigenvalue weighted by Gasteiger charge is -2.13. The number of hydrogen-bond acceptors (Lipinski definition) is 3. The number of benzene rings is 2. The minimum atomic E-state index is -3.53. The van der Waals surface area contributed by atoms with Crippen molar-refractivity contribution in [3.8, 4) is 0 Å². The zero-order valence-electron chi connectivity index (χ0n) is 13.6. The summed E-state index contributed by atoms with van der Waals surface area (Å²) in [6.45, 7) is 0. The predicted octanol–water partition coefficient (Wildman–Crippen LogP) is 3.15. The number of amides is 1. The van der Waals surface area contributed by atoms with Crippen molar-refractivity contribution in [1.29, 1.82) is 0 Å². The molecule has 2 rings (SSSR count). The Morgan fingerprint density at radius 1 is 0.917 bits per heavy atom. The monoisotopic (exact) mass is 341 g/mol. The van der Waals surface area contributed by atoms with Crippen LogP contribution >= 0.6 is 0 Å². The fourth-order valence-corrected chi connectivity index (χ4v) is 3.06. The number of rotatable bonds is 5. The van der Waals surface area contributed by atoms with Crippen molar-refractivity contribution < 1.29 is 13.2 Å². The van der Waals surface area contributed by atoms with E-state index in [0.29, 0.717) is 5.57 Å². The largest absolute Gasteiger partial charge is 0.345 e. The molecule has 4 nitrogen and oxygen atoms in total. The number of likely N-dealkylation sites (N-methyl/N-ethyl adjacent to an activating group) is 1. The molecule has 0 fully saturated rings. The maximum atomic E-state index is 12.3. The molecule has 0 saturated carbocycles. The molecule has 0 aliphatic rings. The van der Waals surface area contributed by atoms with Gasteiger partial charge in [0.05, 0.1) is 4.90 Å². The topological polar surface area (TPSA) is 54.5 Å². The van der Waals surface area contributed by atoms with Gasteiger partial charge in [-0.15, -0.1) is 0 Å². The summed E-state index contributed by atoms with van der Waals surface area (Å²) in [5.74, 6) is -0.192. The second-order valence-electron chi connectivity index (χ2n) is 5.33. The van der Waals surface area contributed by atoms with Crippen LogP contribution in [-0.2, 0) is 14.6 Å². The molecule has 0 aliphatic carbocycles. The molecule has 0 aliphatic heterocycles. The smallest absolute Gasteiger partial charge is 0.253 e. The molecule has 0 aromatic heterocycles. The SMILES string of the molecule is CN(C)C(=O)/C(=C\C=C\S(=O)(=O)c1ccccc1)c1ccccc1. The van der Waals surface area contributed by atoms with E-state index in [0.717, 1.165) is 11.0 Å². The van der Waals surface area contributed by atoms with Crippen LogP contribution in [0.3, 0.4) is 0 Å². The lowest BCUT2D eigenvalue weighted by molar-refractivity contribution is -0.122. The molecule has 0 spiro atoms. The summed E-state index contributed by atoms with van der Waals surface area (Å²) in [6, 6.07) is 17.3. The molecule has 0 unspecified atom stereocenters. The van der Waals surface area contributed by atoms with E-state index < -0.39 is 9.84 Å². The maximum Gasteiger partial charge on any atom is 0.253 e. The second-order valence-corrected chi connectivity index (χ2v) is 7.17. The molecule has 2 aromatic carbocycles. The average molecular weight is 341 g/mol. The molecule has 0 saturated heterocycles. The molecule has 2 aromatic rings. The lowest BCUT2D eigenvalue weighted by Crippen LogP contribution is -2.22. The second kappa shape index (κ2) is 7.75. The first-order chi connectivity index (χ1) is 11.4. The van der Waals surface area contributed by atoms with Gasteiger partial charge in [-0.1, -0.05) is 48.5 Å². The molecule has 24 heavy (non-hydrogen) atoms. The molecule has 0 bridgehead atoms. The van der Waals surface area contributed by atoms with Crippen LogP contribution < -0.4 is 0 Å². The normalized spacial score (nSPS) is 12.3. The predicted molar refractivity (Wildman–Crippen MR) is 95.9 cm³/mol. The summed E-state index contributed by atoms with van der Waals surface area (Å²) in [5.41, 5.74) is 1.16. The van der Waals surface area contributed by atoms with Crippen molar-refractivity contribution >= 4 is 21.3 Å². The molecular weight excluding hydrogens is 322 g/mol. The number of carbonyl (C=O) groups excluding carboxylic acids is 1. The van der Waals surface area contributed by atoms with Crippen molar-refractivity contribution in [2.24, 2.45) is 0 Å². The van der Waals surface area contributed by atoms with Crippen molar-refractivity contribution in [1.82, 2.24) is 4.90 Å². The van der Waals surface area contributed by atoms with E-state index in [-0.39, 0.29) is 10.8 Å². The third-order valence-corrected chi connectivity index (χ3v) is 4.76. The summed E-state index contributed by atoms with van der Waals surface area (Å²) in [6.07, 6.45) is 2.92. The van der Waals surface area contributed by atoms with Gasteiger partial charge in [-0.3, -0.25) is 4.79 Å². The highest BCUT2D eigenvalue weighted by atomic mass is 32.2. The number of allylic oxidation sites excluding steroid dienone is 2. The Bertz CT molecular complexity index is 852. The van der Waals surface area contributed by atoms with Crippen molar-refractivity contribution in [3.05, 3.63) is 83.8 Å². The van der Waals surface area contributed by atoms with Crippen LogP contribution in [-0.4, -0.2) is 33.3 Å². The first-order valence-electron chi connectivity index (χ1n) is 7.37. The van der Waals surface area contributed by atoms with Crippen LogP contribution in [0.4, 0.5) is 0 Å². The molecule has 124 valence electrons. The van der Waals surface area contributed by atoms with Gasteiger partial charge in [0, 0.05) is 25.1 Å². The summed E-state index contributed by atoms with van der Waals surface area (Å²) >= 11 is 0. The Morgan fingerprint density at radius 3 is 2.00 bits per heavy atom. The van der Waals surface area contributed by atoms with Crippen molar-refractivity contribution in [3.63, 3.8) is 0 Å². The molecule has 0 N–H and O–H groups in total. The Labute approximate surface area is 142 Å². The van der Waals surface area contributed by atoms with E-state index in [2.05, 4.69) is 0 Å². The summed E-state index contributed by atoms with van der Waals surface area (Å²) < 4.78 is 24.5. The summed E-state index contributed by atoms with van der Waals surface area (Å²) in [4.78, 5) is 14.0. The van der Waals surface area contributed by atoms with Crippen LogP contribution in [0.5, 0.6) is 0 Å². The Hall–Kier alpha value is -2.66. The third kappa shape index (κ3) is 4.43. The van der Waals surface area contributed by atoms with Gasteiger partial charge in [-0.2, -0.15) is 0 Å². The molecule has 5 heteroatoms. The number of nitrogens with zero attached hydrogens (tertiary/aromatic N) is 1. The van der Waals surface area contributed by atoms with Gasteiger partial charge in [0.1, 0.15) is 0 Å². The number of sulfone groups is 1. The molecule has 1 amide bonds. The fraction of sp³-hybridized carbons (Fsp3) is 0.105. The van der Waals surface area contributed by atoms with Crippen LogP contribution in [0.15, 0.2) is 83.1 Å². The third-order valence-electron chi connectivity index (χ3n) is 3.31. The zero-order chi connectivity index (χ0) is 17.6. The summed E-state index contributed by atoms with van der Waals surface area (Å²) in [5, 5.41) is 1.11. The maximum absolute atomic E-state index is 12.3. The van der Waals surface area contributed by atoms with E-state index in [1.54, 1.807) is 32.3 Å². The van der Waals surface area contributed by atoms with E-state index in [4.69, 9.17) is 0 Å². The van der Waals surface area contributed by atoms with Crippen LogP contribution in [0, 0.1) is 0 Å². The van der Waals surface area contributed by atoms with E-state index in [1.165, 1.54) is 29.2 Å².